The molecule has 1 heterocycles. The monoisotopic (exact) mass is 429 g/mol. The van der Waals surface area contributed by atoms with Crippen molar-refractivity contribution in [1.29, 1.82) is 0 Å². The topological polar surface area (TPSA) is 60.8 Å². The van der Waals surface area contributed by atoms with Gasteiger partial charge in [0, 0.05) is 18.5 Å². The summed E-state index contributed by atoms with van der Waals surface area (Å²) in [7, 11) is 0. The molecular weight excluding hydrogens is 386 g/mol. The predicted molar refractivity (Wildman–Crippen MR) is 126 cm³/mol. The Morgan fingerprint density at radius 3 is 1.97 bits per heavy atom. The molecule has 4 nitrogen and oxygen atoms in total. The number of aromatic carboxylic acids is 1. The Kier molecular flexibility index (Phi) is 22.4. The standard InChI is InChI=1S/C9H10O2.C8H16ClNO.C4H10.C3H8/c1-2-7-3-5-8(6-4-7)9(10)11;9-8-3-5-10(7-8)4-1-2-6-11;1-3-4-2;1-3-2/h3-6H,2H2,1H3,(H,10,11);8,11H,1-7H2;3-4H2,1-2H3;3H2,1-2H3. The number of carboxylic acid groups (broad SMARTS) is 1. The van der Waals surface area contributed by atoms with E-state index in [9.17, 15) is 4.79 Å². The molecule has 29 heavy (non-hydrogen) atoms. The van der Waals surface area contributed by atoms with Gasteiger partial charge in [-0.15, -0.1) is 11.6 Å². The third kappa shape index (κ3) is 18.7. The van der Waals surface area contributed by atoms with Crippen molar-refractivity contribution in [2.24, 2.45) is 0 Å². The predicted octanol–water partition coefficient (Wildman–Crippen LogP) is 6.24. The Hall–Kier alpha value is -1.10. The maximum atomic E-state index is 10.4. The number of aliphatic hydroxyl groups excluding tert-OH is 1. The van der Waals surface area contributed by atoms with Crippen LogP contribution in [0.4, 0.5) is 0 Å². The van der Waals surface area contributed by atoms with Crippen LogP contribution in [0.1, 0.15) is 89.1 Å². The fraction of sp³-hybridized carbons (Fsp3) is 0.708. The number of aliphatic hydroxyl groups is 1. The van der Waals surface area contributed by atoms with Gasteiger partial charge in [-0.2, -0.15) is 0 Å². The van der Waals surface area contributed by atoms with Crippen LogP contribution in [0.5, 0.6) is 0 Å². The highest BCUT2D eigenvalue weighted by Crippen LogP contribution is 2.14. The molecule has 1 aliphatic heterocycles. The fourth-order valence-electron chi connectivity index (χ4n) is 2.32. The average Bonchev–Trinajstić information content (AvgIpc) is 3.14. The lowest BCUT2D eigenvalue weighted by molar-refractivity contribution is 0.0697. The minimum atomic E-state index is -0.868. The number of carboxylic acids is 1. The van der Waals surface area contributed by atoms with Gasteiger partial charge in [-0.1, -0.05) is 66.0 Å². The molecular formula is C24H44ClNO3. The zero-order valence-electron chi connectivity index (χ0n) is 19.3. The number of unbranched alkanes of at least 4 members (excludes halogenated alkanes) is 2. The van der Waals surface area contributed by atoms with Gasteiger partial charge in [-0.25, -0.2) is 4.79 Å². The van der Waals surface area contributed by atoms with Crippen molar-refractivity contribution in [3.05, 3.63) is 35.4 Å². The molecule has 5 heteroatoms. The zero-order chi connectivity index (χ0) is 22.5. The number of likely N-dealkylation sites (tertiary alicyclic amines) is 1. The maximum absolute atomic E-state index is 10.4. The molecule has 0 bridgehead atoms. The minimum Gasteiger partial charge on any atom is -0.478 e. The van der Waals surface area contributed by atoms with Crippen LogP contribution in [0.25, 0.3) is 0 Å². The summed E-state index contributed by atoms with van der Waals surface area (Å²) in [5.74, 6) is -0.868. The van der Waals surface area contributed by atoms with Crippen LogP contribution in [0, 0.1) is 0 Å². The lowest BCUT2D eigenvalue weighted by atomic mass is 10.1. The molecule has 1 aromatic rings. The van der Waals surface area contributed by atoms with E-state index in [0.717, 1.165) is 50.9 Å². The minimum absolute atomic E-state index is 0.318. The number of aryl methyl sites for hydroxylation is 1. The smallest absolute Gasteiger partial charge is 0.335 e. The Labute approximate surface area is 184 Å². The largest absolute Gasteiger partial charge is 0.478 e. The summed E-state index contributed by atoms with van der Waals surface area (Å²) in [6.45, 7) is 14.2. The van der Waals surface area contributed by atoms with E-state index in [2.05, 4.69) is 32.6 Å². The van der Waals surface area contributed by atoms with Gasteiger partial charge in [-0.05, 0) is 56.5 Å². The molecule has 1 aliphatic rings. The molecule has 0 aliphatic carbocycles. The van der Waals surface area contributed by atoms with Gasteiger partial charge >= 0.3 is 5.97 Å². The highest BCUT2D eigenvalue weighted by Gasteiger charge is 2.18. The summed E-state index contributed by atoms with van der Waals surface area (Å²) in [4.78, 5) is 12.8. The van der Waals surface area contributed by atoms with E-state index in [1.165, 1.54) is 19.3 Å². The van der Waals surface area contributed by atoms with E-state index in [1.54, 1.807) is 12.1 Å². The summed E-state index contributed by atoms with van der Waals surface area (Å²) in [6, 6.07) is 6.93. The highest BCUT2D eigenvalue weighted by molar-refractivity contribution is 6.20. The Morgan fingerprint density at radius 2 is 1.62 bits per heavy atom. The average molecular weight is 430 g/mol. The summed E-state index contributed by atoms with van der Waals surface area (Å²) in [5, 5.41) is 17.5. The lowest BCUT2D eigenvalue weighted by Crippen LogP contribution is -2.22. The fourth-order valence-corrected chi connectivity index (χ4v) is 2.61. The molecule has 0 spiro atoms. The Morgan fingerprint density at radius 1 is 1.07 bits per heavy atom. The van der Waals surface area contributed by atoms with Gasteiger partial charge in [0.2, 0.25) is 0 Å². The highest BCUT2D eigenvalue weighted by atomic mass is 35.5. The van der Waals surface area contributed by atoms with Gasteiger partial charge in [0.1, 0.15) is 0 Å². The Bertz CT molecular complexity index is 478. The van der Waals surface area contributed by atoms with Crippen LogP contribution in [0.15, 0.2) is 24.3 Å². The third-order valence-corrected chi connectivity index (χ3v) is 4.56. The van der Waals surface area contributed by atoms with E-state index >= 15 is 0 Å². The van der Waals surface area contributed by atoms with Crippen molar-refractivity contribution >= 4 is 17.6 Å². The number of nitrogens with zero attached hydrogens (tertiary/aromatic N) is 1. The van der Waals surface area contributed by atoms with Crippen LogP contribution < -0.4 is 0 Å². The third-order valence-electron chi connectivity index (χ3n) is 4.21. The van der Waals surface area contributed by atoms with Gasteiger partial charge in [0.15, 0.2) is 0 Å². The molecule has 170 valence electrons. The van der Waals surface area contributed by atoms with Crippen molar-refractivity contribution in [2.75, 3.05) is 26.2 Å². The van der Waals surface area contributed by atoms with Crippen molar-refractivity contribution < 1.29 is 15.0 Å². The van der Waals surface area contributed by atoms with E-state index < -0.39 is 5.97 Å². The molecule has 2 N–H and O–H groups in total. The van der Waals surface area contributed by atoms with Crippen molar-refractivity contribution in [3.8, 4) is 0 Å². The lowest BCUT2D eigenvalue weighted by Gasteiger charge is -2.13. The number of hydrogen-bond acceptors (Lipinski definition) is 3. The van der Waals surface area contributed by atoms with Crippen molar-refractivity contribution in [3.63, 3.8) is 0 Å². The number of halogens is 1. The molecule has 0 radical (unpaired) electrons. The summed E-state index contributed by atoms with van der Waals surface area (Å²) in [6.07, 6.45) is 7.98. The van der Waals surface area contributed by atoms with E-state index in [4.69, 9.17) is 21.8 Å². The Balaban J connectivity index is 0. The molecule has 1 fully saturated rings. The van der Waals surface area contributed by atoms with Gasteiger partial charge in [0.05, 0.1) is 5.56 Å². The molecule has 1 saturated heterocycles. The van der Waals surface area contributed by atoms with E-state index in [1.807, 2.05) is 19.1 Å². The van der Waals surface area contributed by atoms with Gasteiger partial charge in [-0.3, -0.25) is 0 Å². The first-order valence-electron chi connectivity index (χ1n) is 11.2. The number of alkyl halides is 1. The normalized spacial score (nSPS) is 15.2. The number of carbonyl (C=O) groups is 1. The summed E-state index contributed by atoms with van der Waals surface area (Å²) >= 11 is 5.93. The van der Waals surface area contributed by atoms with E-state index in [0.29, 0.717) is 17.5 Å². The summed E-state index contributed by atoms with van der Waals surface area (Å²) < 4.78 is 0. The first kappa shape index (κ1) is 30.1. The zero-order valence-corrected chi connectivity index (χ0v) is 20.0. The second-order valence-corrected chi connectivity index (χ2v) is 7.80. The second-order valence-electron chi connectivity index (χ2n) is 7.18. The van der Waals surface area contributed by atoms with Crippen LogP contribution >= 0.6 is 11.6 Å². The second kappa shape index (κ2) is 21.6. The molecule has 0 saturated carbocycles. The number of benzene rings is 1. The molecule has 2 rings (SSSR count). The van der Waals surface area contributed by atoms with Crippen LogP contribution in [-0.2, 0) is 6.42 Å². The van der Waals surface area contributed by atoms with Gasteiger partial charge < -0.3 is 15.1 Å². The molecule has 0 amide bonds. The SMILES string of the molecule is CCC.CCCC.CCc1ccc(C(=O)O)cc1.OCCCCN1CCC(Cl)C1. The van der Waals surface area contributed by atoms with Crippen molar-refractivity contribution in [2.45, 2.75) is 84.9 Å². The number of hydrogen-bond donors (Lipinski definition) is 2. The first-order chi connectivity index (χ1) is 13.9. The first-order valence-corrected chi connectivity index (χ1v) is 11.6. The quantitative estimate of drug-likeness (QED) is 0.397. The summed E-state index contributed by atoms with van der Waals surface area (Å²) in [5.41, 5.74) is 1.51. The molecule has 0 aromatic heterocycles. The van der Waals surface area contributed by atoms with Gasteiger partial charge in [0.25, 0.3) is 0 Å². The molecule has 1 aromatic carbocycles. The van der Waals surface area contributed by atoms with E-state index in [-0.39, 0.29) is 0 Å². The maximum Gasteiger partial charge on any atom is 0.335 e. The van der Waals surface area contributed by atoms with Crippen LogP contribution in [0.2, 0.25) is 0 Å². The number of rotatable bonds is 7. The van der Waals surface area contributed by atoms with Crippen molar-refractivity contribution in [1.82, 2.24) is 4.90 Å². The molecule has 1 unspecified atom stereocenters. The van der Waals surface area contributed by atoms with Crippen LogP contribution in [0.3, 0.4) is 0 Å². The molecule has 1 atom stereocenters. The van der Waals surface area contributed by atoms with Crippen LogP contribution in [-0.4, -0.2) is 52.7 Å².